The molecule has 2 heterocycles. The molecule has 3 rings (SSSR count). The molecular formula is C16H13ClN2O. The Morgan fingerprint density at radius 3 is 2.75 bits per heavy atom. The third-order valence-corrected chi connectivity index (χ3v) is 3.41. The Morgan fingerprint density at radius 2 is 1.95 bits per heavy atom. The zero-order valence-corrected chi connectivity index (χ0v) is 11.8. The minimum Gasteiger partial charge on any atom is -0.437 e. The van der Waals surface area contributed by atoms with Gasteiger partial charge < -0.3 is 4.74 Å². The molecule has 0 aliphatic heterocycles. The van der Waals surface area contributed by atoms with Crippen LogP contribution in [0.25, 0.3) is 10.9 Å². The molecule has 0 aliphatic rings. The molecule has 0 bridgehead atoms. The number of alkyl halides is 1. The highest BCUT2D eigenvalue weighted by molar-refractivity contribution is 6.17. The van der Waals surface area contributed by atoms with Gasteiger partial charge in [-0.2, -0.15) is 0 Å². The van der Waals surface area contributed by atoms with Gasteiger partial charge in [-0.1, -0.05) is 24.3 Å². The molecule has 0 saturated heterocycles. The SMILES string of the molecule is Cc1nc(Oc2cccc3cccnc23)ccc1CCl. The first kappa shape index (κ1) is 12.9. The van der Waals surface area contributed by atoms with Gasteiger partial charge in [0, 0.05) is 29.2 Å². The molecule has 20 heavy (non-hydrogen) atoms. The van der Waals surface area contributed by atoms with E-state index in [0.717, 1.165) is 22.2 Å². The standard InChI is InChI=1S/C16H13ClN2O/c1-11-13(10-17)7-8-15(19-11)20-14-6-2-4-12-5-3-9-18-16(12)14/h2-9H,10H2,1H3. The summed E-state index contributed by atoms with van der Waals surface area (Å²) in [4.78, 5) is 8.77. The van der Waals surface area contributed by atoms with Gasteiger partial charge in [0.05, 0.1) is 0 Å². The van der Waals surface area contributed by atoms with Crippen LogP contribution in [0.1, 0.15) is 11.3 Å². The van der Waals surface area contributed by atoms with Gasteiger partial charge in [-0.05, 0) is 24.6 Å². The van der Waals surface area contributed by atoms with Crippen LogP contribution in [-0.2, 0) is 5.88 Å². The van der Waals surface area contributed by atoms with Crippen molar-refractivity contribution in [2.45, 2.75) is 12.8 Å². The summed E-state index contributed by atoms with van der Waals surface area (Å²) in [6, 6.07) is 13.5. The zero-order chi connectivity index (χ0) is 13.9. The Labute approximate surface area is 122 Å². The fraction of sp³-hybridized carbons (Fsp3) is 0.125. The number of ether oxygens (including phenoxy) is 1. The number of aromatic nitrogens is 2. The highest BCUT2D eigenvalue weighted by Gasteiger charge is 2.06. The average Bonchev–Trinajstić information content (AvgIpc) is 2.48. The second-order valence-corrected chi connectivity index (χ2v) is 4.73. The van der Waals surface area contributed by atoms with Crippen molar-refractivity contribution in [3.05, 3.63) is 59.9 Å². The van der Waals surface area contributed by atoms with Crippen LogP contribution in [0.4, 0.5) is 0 Å². The average molecular weight is 285 g/mol. The summed E-state index contributed by atoms with van der Waals surface area (Å²) in [5.41, 5.74) is 2.72. The largest absolute Gasteiger partial charge is 0.437 e. The fourth-order valence-corrected chi connectivity index (χ4v) is 2.32. The number of benzene rings is 1. The number of para-hydroxylation sites is 1. The Balaban J connectivity index is 1.99. The van der Waals surface area contributed by atoms with E-state index in [-0.39, 0.29) is 0 Å². The first-order chi connectivity index (χ1) is 9.78. The van der Waals surface area contributed by atoms with Gasteiger partial charge >= 0.3 is 0 Å². The van der Waals surface area contributed by atoms with Gasteiger partial charge in [0.2, 0.25) is 5.88 Å². The summed E-state index contributed by atoms with van der Waals surface area (Å²) in [7, 11) is 0. The molecule has 0 spiro atoms. The van der Waals surface area contributed by atoms with Crippen LogP contribution >= 0.6 is 11.6 Å². The van der Waals surface area contributed by atoms with Crippen LogP contribution < -0.4 is 4.74 Å². The van der Waals surface area contributed by atoms with E-state index in [1.165, 1.54) is 0 Å². The molecule has 0 aliphatic carbocycles. The Hall–Kier alpha value is -2.13. The third-order valence-electron chi connectivity index (χ3n) is 3.12. The van der Waals surface area contributed by atoms with E-state index in [1.54, 1.807) is 6.20 Å². The zero-order valence-electron chi connectivity index (χ0n) is 11.0. The van der Waals surface area contributed by atoms with Crippen molar-refractivity contribution in [3.8, 4) is 11.6 Å². The molecule has 4 heteroatoms. The number of fused-ring (bicyclic) bond motifs is 1. The first-order valence-corrected chi connectivity index (χ1v) is 6.85. The molecule has 0 radical (unpaired) electrons. The third kappa shape index (κ3) is 2.45. The number of pyridine rings is 2. The van der Waals surface area contributed by atoms with Crippen molar-refractivity contribution in [2.24, 2.45) is 0 Å². The van der Waals surface area contributed by atoms with Gasteiger partial charge in [-0.25, -0.2) is 4.98 Å². The van der Waals surface area contributed by atoms with Crippen molar-refractivity contribution < 1.29 is 4.74 Å². The van der Waals surface area contributed by atoms with E-state index in [0.29, 0.717) is 17.5 Å². The number of nitrogens with zero attached hydrogens (tertiary/aromatic N) is 2. The second-order valence-electron chi connectivity index (χ2n) is 4.46. The molecule has 3 aromatic rings. The lowest BCUT2D eigenvalue weighted by atomic mass is 10.2. The normalized spacial score (nSPS) is 10.7. The van der Waals surface area contributed by atoms with Crippen molar-refractivity contribution >= 4 is 22.5 Å². The maximum absolute atomic E-state index is 5.86. The maximum Gasteiger partial charge on any atom is 0.219 e. The molecule has 0 saturated carbocycles. The molecule has 0 N–H and O–H groups in total. The summed E-state index contributed by atoms with van der Waals surface area (Å²) in [6.07, 6.45) is 1.75. The first-order valence-electron chi connectivity index (χ1n) is 6.32. The summed E-state index contributed by atoms with van der Waals surface area (Å²) in [5, 5.41) is 1.04. The molecule has 100 valence electrons. The smallest absolute Gasteiger partial charge is 0.219 e. The Morgan fingerprint density at radius 1 is 1.10 bits per heavy atom. The van der Waals surface area contributed by atoms with Gasteiger partial charge in [0.1, 0.15) is 5.52 Å². The topological polar surface area (TPSA) is 35.0 Å². The molecule has 2 aromatic heterocycles. The summed E-state index contributed by atoms with van der Waals surface area (Å²) in [5.74, 6) is 1.71. The van der Waals surface area contributed by atoms with Gasteiger partial charge in [0.15, 0.2) is 5.75 Å². The van der Waals surface area contributed by atoms with E-state index in [2.05, 4.69) is 9.97 Å². The molecule has 0 fully saturated rings. The van der Waals surface area contributed by atoms with Gasteiger partial charge in [0.25, 0.3) is 0 Å². The second kappa shape index (κ2) is 5.47. The quantitative estimate of drug-likeness (QED) is 0.666. The van der Waals surface area contributed by atoms with E-state index >= 15 is 0 Å². The van der Waals surface area contributed by atoms with Crippen LogP contribution in [0.5, 0.6) is 11.6 Å². The van der Waals surface area contributed by atoms with Crippen LogP contribution in [0.2, 0.25) is 0 Å². The molecule has 0 amide bonds. The highest BCUT2D eigenvalue weighted by atomic mass is 35.5. The van der Waals surface area contributed by atoms with Crippen LogP contribution in [0, 0.1) is 6.92 Å². The number of aryl methyl sites for hydroxylation is 1. The summed E-state index contributed by atoms with van der Waals surface area (Å²) >= 11 is 5.83. The van der Waals surface area contributed by atoms with Crippen LogP contribution in [0.3, 0.4) is 0 Å². The minimum atomic E-state index is 0.453. The van der Waals surface area contributed by atoms with Gasteiger partial charge in [-0.3, -0.25) is 4.98 Å². The van der Waals surface area contributed by atoms with Crippen molar-refractivity contribution in [1.82, 2.24) is 9.97 Å². The van der Waals surface area contributed by atoms with Crippen molar-refractivity contribution in [2.75, 3.05) is 0 Å². The lowest BCUT2D eigenvalue weighted by molar-refractivity contribution is 0.465. The van der Waals surface area contributed by atoms with Crippen LogP contribution in [0.15, 0.2) is 48.7 Å². The number of hydrogen-bond donors (Lipinski definition) is 0. The monoisotopic (exact) mass is 284 g/mol. The maximum atomic E-state index is 5.86. The van der Waals surface area contributed by atoms with Crippen LogP contribution in [-0.4, -0.2) is 9.97 Å². The fourth-order valence-electron chi connectivity index (χ4n) is 2.04. The predicted octanol–water partition coefficient (Wildman–Crippen LogP) is 4.47. The predicted molar refractivity (Wildman–Crippen MR) is 80.3 cm³/mol. The number of halogens is 1. The lowest BCUT2D eigenvalue weighted by Crippen LogP contribution is -1.94. The Bertz CT molecular complexity index is 753. The highest BCUT2D eigenvalue weighted by Crippen LogP contribution is 2.27. The summed E-state index contributed by atoms with van der Waals surface area (Å²) in [6.45, 7) is 1.92. The van der Waals surface area contributed by atoms with E-state index < -0.39 is 0 Å². The van der Waals surface area contributed by atoms with Gasteiger partial charge in [-0.15, -0.1) is 11.6 Å². The number of hydrogen-bond acceptors (Lipinski definition) is 3. The molecular weight excluding hydrogens is 272 g/mol. The molecule has 3 nitrogen and oxygen atoms in total. The summed E-state index contributed by atoms with van der Waals surface area (Å²) < 4.78 is 5.86. The van der Waals surface area contributed by atoms with E-state index in [4.69, 9.17) is 16.3 Å². The molecule has 1 aromatic carbocycles. The van der Waals surface area contributed by atoms with Crippen molar-refractivity contribution in [3.63, 3.8) is 0 Å². The lowest BCUT2D eigenvalue weighted by Gasteiger charge is -2.09. The molecule has 0 atom stereocenters. The van der Waals surface area contributed by atoms with E-state index in [9.17, 15) is 0 Å². The number of rotatable bonds is 3. The minimum absolute atomic E-state index is 0.453. The molecule has 0 unspecified atom stereocenters. The van der Waals surface area contributed by atoms with E-state index in [1.807, 2.05) is 49.4 Å². The van der Waals surface area contributed by atoms with Crippen molar-refractivity contribution in [1.29, 1.82) is 0 Å². The Kier molecular flexibility index (Phi) is 3.52.